The average Bonchev–Trinajstić information content (AvgIpc) is 3.03. The highest BCUT2D eigenvalue weighted by atomic mass is 16.5. The Morgan fingerprint density at radius 2 is 2.29 bits per heavy atom. The van der Waals surface area contributed by atoms with E-state index in [4.69, 9.17) is 4.52 Å². The molecular formula is C13H16N6O2. The van der Waals surface area contributed by atoms with Crippen molar-refractivity contribution < 1.29 is 9.63 Å². The Labute approximate surface area is 120 Å². The molecule has 0 aromatic carbocycles. The first kappa shape index (κ1) is 12.5. The lowest BCUT2D eigenvalue weighted by Crippen LogP contribution is -2.38. The van der Waals surface area contributed by atoms with Gasteiger partial charge in [-0.25, -0.2) is 9.98 Å². The minimum Gasteiger partial charge on any atom is -0.393 e. The van der Waals surface area contributed by atoms with Crippen molar-refractivity contribution in [2.45, 2.75) is 31.4 Å². The Balaban J connectivity index is 1.50. The summed E-state index contributed by atoms with van der Waals surface area (Å²) < 4.78 is 7.22. The zero-order chi connectivity index (χ0) is 14.4. The highest BCUT2D eigenvalue weighted by Gasteiger charge is 2.32. The summed E-state index contributed by atoms with van der Waals surface area (Å²) in [4.78, 5) is 15.0. The summed E-state index contributed by atoms with van der Waals surface area (Å²) in [5.74, 6) is 1.50. The smallest absolute Gasteiger partial charge is 0.246 e. The molecular weight excluding hydrogens is 272 g/mol. The van der Waals surface area contributed by atoms with Gasteiger partial charge in [-0.05, 0) is 12.8 Å². The van der Waals surface area contributed by atoms with Crippen LogP contribution in [0.4, 0.5) is 0 Å². The summed E-state index contributed by atoms with van der Waals surface area (Å²) >= 11 is 0. The SMILES string of the molecule is Cn1cnc2c1=CN(Cc1nc(C3CC(O)C3)no1)CN=2. The number of imidazole rings is 1. The highest BCUT2D eigenvalue weighted by molar-refractivity contribution is 5.18. The Bertz CT molecular complexity index is 773. The van der Waals surface area contributed by atoms with E-state index in [-0.39, 0.29) is 12.0 Å². The van der Waals surface area contributed by atoms with Gasteiger partial charge in [-0.2, -0.15) is 4.98 Å². The van der Waals surface area contributed by atoms with Gasteiger partial charge in [-0.3, -0.25) is 0 Å². The number of nitrogens with zero attached hydrogens (tertiary/aromatic N) is 6. The minimum atomic E-state index is -0.213. The Hall–Kier alpha value is -2.22. The number of aromatic nitrogens is 4. The minimum absolute atomic E-state index is 0.213. The van der Waals surface area contributed by atoms with Gasteiger partial charge in [0.15, 0.2) is 11.3 Å². The Morgan fingerprint density at radius 1 is 1.43 bits per heavy atom. The molecule has 4 rings (SSSR count). The maximum absolute atomic E-state index is 9.33. The molecule has 1 N–H and O–H groups in total. The molecule has 1 aliphatic heterocycles. The van der Waals surface area contributed by atoms with Gasteiger partial charge in [0.05, 0.1) is 19.0 Å². The second kappa shape index (κ2) is 4.66. The number of hydrogen-bond acceptors (Lipinski definition) is 7. The van der Waals surface area contributed by atoms with E-state index >= 15 is 0 Å². The van der Waals surface area contributed by atoms with Gasteiger partial charge in [0.1, 0.15) is 12.0 Å². The molecule has 1 fully saturated rings. The van der Waals surface area contributed by atoms with Crippen LogP contribution in [0.2, 0.25) is 0 Å². The molecule has 0 spiro atoms. The van der Waals surface area contributed by atoms with Gasteiger partial charge < -0.3 is 19.1 Å². The van der Waals surface area contributed by atoms with Crippen molar-refractivity contribution in [2.75, 3.05) is 6.67 Å². The van der Waals surface area contributed by atoms with Gasteiger partial charge in [0, 0.05) is 19.2 Å². The van der Waals surface area contributed by atoms with E-state index in [1.807, 2.05) is 22.7 Å². The van der Waals surface area contributed by atoms with Gasteiger partial charge in [0.2, 0.25) is 5.89 Å². The molecule has 21 heavy (non-hydrogen) atoms. The van der Waals surface area contributed by atoms with Crippen LogP contribution in [0.1, 0.15) is 30.5 Å². The summed E-state index contributed by atoms with van der Waals surface area (Å²) in [6.07, 6.45) is 4.99. The number of aryl methyl sites for hydroxylation is 1. The molecule has 2 aliphatic rings. The van der Waals surface area contributed by atoms with E-state index in [9.17, 15) is 5.11 Å². The van der Waals surface area contributed by atoms with Crippen molar-refractivity contribution in [1.82, 2.24) is 24.6 Å². The predicted molar refractivity (Wildman–Crippen MR) is 71.1 cm³/mol. The van der Waals surface area contributed by atoms with Gasteiger partial charge in [-0.1, -0.05) is 5.16 Å². The fraction of sp³-hybridized carbons (Fsp3) is 0.538. The van der Waals surface area contributed by atoms with Crippen molar-refractivity contribution >= 4 is 6.20 Å². The fourth-order valence-electron chi connectivity index (χ4n) is 2.64. The second-order valence-corrected chi connectivity index (χ2v) is 5.61. The number of fused-ring (bicyclic) bond motifs is 1. The van der Waals surface area contributed by atoms with Crippen molar-refractivity contribution in [3.05, 3.63) is 28.9 Å². The average molecular weight is 288 g/mol. The van der Waals surface area contributed by atoms with E-state index < -0.39 is 0 Å². The van der Waals surface area contributed by atoms with Crippen LogP contribution in [0.3, 0.4) is 0 Å². The first-order valence-corrected chi connectivity index (χ1v) is 6.97. The molecule has 0 saturated heterocycles. The summed E-state index contributed by atoms with van der Waals surface area (Å²) in [5.41, 5.74) is 0.767. The zero-order valence-electron chi connectivity index (χ0n) is 11.7. The lowest BCUT2D eigenvalue weighted by molar-refractivity contribution is 0.0708. The maximum Gasteiger partial charge on any atom is 0.246 e. The number of rotatable bonds is 3. The maximum atomic E-state index is 9.33. The molecule has 8 nitrogen and oxygen atoms in total. The molecule has 0 amide bonds. The largest absolute Gasteiger partial charge is 0.393 e. The van der Waals surface area contributed by atoms with Crippen LogP contribution >= 0.6 is 0 Å². The fourth-order valence-corrected chi connectivity index (χ4v) is 2.64. The molecule has 0 unspecified atom stereocenters. The van der Waals surface area contributed by atoms with Crippen LogP contribution in [0.25, 0.3) is 6.20 Å². The summed E-state index contributed by atoms with van der Waals surface area (Å²) in [7, 11) is 1.94. The first-order valence-electron chi connectivity index (χ1n) is 6.97. The molecule has 0 bridgehead atoms. The van der Waals surface area contributed by atoms with E-state index in [1.165, 1.54) is 0 Å². The molecule has 8 heteroatoms. The van der Waals surface area contributed by atoms with Crippen molar-refractivity contribution in [1.29, 1.82) is 0 Å². The monoisotopic (exact) mass is 288 g/mol. The number of aliphatic hydroxyl groups excluding tert-OH is 1. The van der Waals surface area contributed by atoms with Crippen molar-refractivity contribution in [2.24, 2.45) is 12.0 Å². The van der Waals surface area contributed by atoms with Crippen LogP contribution in [-0.2, 0) is 13.6 Å². The third-order valence-electron chi connectivity index (χ3n) is 3.97. The van der Waals surface area contributed by atoms with E-state index in [0.717, 1.165) is 23.7 Å². The normalized spacial score (nSPS) is 24.0. The molecule has 1 saturated carbocycles. The standard InChI is InChI=1S/C13H16N6O2/c1-18-6-14-13-10(18)4-19(7-15-13)5-11-16-12(17-21-11)8-2-9(20)3-8/h4,6,8-9,20H,2-3,5,7H2,1H3. The lowest BCUT2D eigenvalue weighted by Gasteiger charge is -2.28. The van der Waals surface area contributed by atoms with Crippen LogP contribution in [-0.4, -0.2) is 42.5 Å². The van der Waals surface area contributed by atoms with Crippen LogP contribution in [0.5, 0.6) is 0 Å². The first-order chi connectivity index (χ1) is 10.2. The Morgan fingerprint density at radius 3 is 3.10 bits per heavy atom. The molecule has 110 valence electrons. The van der Waals surface area contributed by atoms with Gasteiger partial charge in [0.25, 0.3) is 0 Å². The van der Waals surface area contributed by atoms with E-state index in [0.29, 0.717) is 24.9 Å². The van der Waals surface area contributed by atoms with Gasteiger partial charge in [-0.15, -0.1) is 0 Å². The van der Waals surface area contributed by atoms with Crippen LogP contribution in [0.15, 0.2) is 15.8 Å². The number of hydrogen-bond donors (Lipinski definition) is 1. The number of aliphatic hydroxyl groups is 1. The predicted octanol–water partition coefficient (Wildman–Crippen LogP) is -1.13. The van der Waals surface area contributed by atoms with E-state index in [2.05, 4.69) is 20.1 Å². The molecule has 2 aromatic heterocycles. The van der Waals surface area contributed by atoms with E-state index in [1.54, 1.807) is 6.33 Å². The Kier molecular flexibility index (Phi) is 2.78. The molecule has 0 atom stereocenters. The second-order valence-electron chi connectivity index (χ2n) is 5.61. The summed E-state index contributed by atoms with van der Waals surface area (Å²) in [5, 5.41) is 14.3. The summed E-state index contributed by atoms with van der Waals surface area (Å²) in [6, 6.07) is 0. The third kappa shape index (κ3) is 2.21. The molecule has 1 aliphatic carbocycles. The lowest BCUT2D eigenvalue weighted by atomic mass is 9.82. The highest BCUT2D eigenvalue weighted by Crippen LogP contribution is 2.34. The van der Waals surface area contributed by atoms with Crippen LogP contribution < -0.4 is 10.8 Å². The third-order valence-corrected chi connectivity index (χ3v) is 3.97. The molecule has 0 radical (unpaired) electrons. The van der Waals surface area contributed by atoms with Crippen molar-refractivity contribution in [3.8, 4) is 0 Å². The van der Waals surface area contributed by atoms with Crippen molar-refractivity contribution in [3.63, 3.8) is 0 Å². The zero-order valence-corrected chi connectivity index (χ0v) is 11.7. The molecule has 3 heterocycles. The quantitative estimate of drug-likeness (QED) is 0.768. The van der Waals surface area contributed by atoms with Gasteiger partial charge >= 0.3 is 0 Å². The summed E-state index contributed by atoms with van der Waals surface area (Å²) in [6.45, 7) is 1.06. The topological polar surface area (TPSA) is 92.6 Å². The van der Waals surface area contributed by atoms with Crippen LogP contribution in [0, 0.1) is 0 Å². The molecule has 2 aromatic rings.